The molecule has 0 N–H and O–H groups in total. The van der Waals surface area contributed by atoms with Gasteiger partial charge in [0.1, 0.15) is 12.9 Å². The highest BCUT2D eigenvalue weighted by Crippen LogP contribution is 2.25. The van der Waals surface area contributed by atoms with E-state index in [1.165, 1.54) is 11.8 Å². The topological polar surface area (TPSA) is 102 Å². The molecule has 2 atom stereocenters. The van der Waals surface area contributed by atoms with Gasteiger partial charge in [-0.1, -0.05) is 6.07 Å². The van der Waals surface area contributed by atoms with Crippen LogP contribution in [0.4, 0.5) is 11.4 Å². The number of aldehydes is 2. The Morgan fingerprint density at radius 3 is 2.89 bits per heavy atom. The van der Waals surface area contributed by atoms with E-state index in [4.69, 9.17) is 14.2 Å². The highest BCUT2D eigenvalue weighted by Gasteiger charge is 2.38. The number of nitrogens with zero attached hydrogens (tertiary/aromatic N) is 2. The Labute approximate surface area is 163 Å². The predicted octanol–water partition coefficient (Wildman–Crippen LogP) is 0.201. The molecule has 9 heteroatoms. The summed E-state index contributed by atoms with van der Waals surface area (Å²) in [5, 5.41) is 0. The van der Waals surface area contributed by atoms with E-state index in [0.717, 1.165) is 5.69 Å². The highest BCUT2D eigenvalue weighted by atomic mass is 16.6. The number of hydrogen-bond acceptors (Lipinski definition) is 8. The van der Waals surface area contributed by atoms with Crippen LogP contribution in [0.2, 0.25) is 0 Å². The van der Waals surface area contributed by atoms with Crippen molar-refractivity contribution >= 4 is 35.8 Å². The molecule has 0 spiro atoms. The molecular weight excluding hydrogens is 368 g/mol. The first kappa shape index (κ1) is 21.5. The van der Waals surface area contributed by atoms with Gasteiger partial charge in [-0.15, -0.1) is 0 Å². The van der Waals surface area contributed by atoms with Crippen LogP contribution >= 0.6 is 0 Å². The number of esters is 1. The Kier molecular flexibility index (Phi) is 8.09. The largest absolute Gasteiger partial charge is 0.451 e. The summed E-state index contributed by atoms with van der Waals surface area (Å²) in [5.41, 5.74) is 1.50. The molecule has 1 amide bonds. The summed E-state index contributed by atoms with van der Waals surface area (Å²) < 4.78 is 15.4. The van der Waals surface area contributed by atoms with Crippen molar-refractivity contribution in [2.24, 2.45) is 0 Å². The van der Waals surface area contributed by atoms with E-state index in [9.17, 15) is 19.2 Å². The zero-order chi connectivity index (χ0) is 20.5. The Morgan fingerprint density at radius 2 is 2.21 bits per heavy atom. The van der Waals surface area contributed by atoms with Crippen LogP contribution in [0.3, 0.4) is 0 Å². The first-order valence-corrected chi connectivity index (χ1v) is 8.86. The third-order valence-corrected chi connectivity index (χ3v) is 4.20. The summed E-state index contributed by atoms with van der Waals surface area (Å²) in [6.45, 7) is 2.70. The minimum absolute atomic E-state index is 0.0534. The average molecular weight is 392 g/mol. The Morgan fingerprint density at radius 1 is 1.43 bits per heavy atom. The van der Waals surface area contributed by atoms with Gasteiger partial charge >= 0.3 is 5.97 Å². The lowest BCUT2D eigenvalue weighted by Crippen LogP contribution is -2.54. The van der Waals surface area contributed by atoms with E-state index in [0.29, 0.717) is 38.0 Å². The van der Waals surface area contributed by atoms with Gasteiger partial charge < -0.3 is 28.8 Å². The summed E-state index contributed by atoms with van der Waals surface area (Å²) in [6, 6.07) is 7.32. The molecule has 1 heterocycles. The SMILES string of the molecule is CC(=O)OC(C=O)C1OCCN(c2cccc(N(C)CCOCC=O)c2)C1=O. The second-order valence-electron chi connectivity index (χ2n) is 6.17. The van der Waals surface area contributed by atoms with Gasteiger partial charge in [0.15, 0.2) is 18.5 Å². The lowest BCUT2D eigenvalue weighted by Gasteiger charge is -2.34. The fourth-order valence-electron chi connectivity index (χ4n) is 2.81. The molecule has 0 saturated carbocycles. The van der Waals surface area contributed by atoms with Gasteiger partial charge in [-0.25, -0.2) is 0 Å². The fourth-order valence-corrected chi connectivity index (χ4v) is 2.81. The summed E-state index contributed by atoms with van der Waals surface area (Å²) in [7, 11) is 1.87. The lowest BCUT2D eigenvalue weighted by molar-refractivity contribution is -0.164. The van der Waals surface area contributed by atoms with E-state index in [-0.39, 0.29) is 13.2 Å². The molecular formula is C19H24N2O7. The fraction of sp³-hybridized carbons (Fsp3) is 0.474. The molecule has 1 aromatic carbocycles. The van der Waals surface area contributed by atoms with Crippen molar-refractivity contribution in [1.29, 1.82) is 0 Å². The Balaban J connectivity index is 2.11. The number of amides is 1. The van der Waals surface area contributed by atoms with Gasteiger partial charge in [0.25, 0.3) is 5.91 Å². The lowest BCUT2D eigenvalue weighted by atomic mass is 10.1. The molecule has 1 fully saturated rings. The maximum atomic E-state index is 12.8. The maximum Gasteiger partial charge on any atom is 0.303 e. The minimum atomic E-state index is -1.28. The third-order valence-electron chi connectivity index (χ3n) is 4.20. The summed E-state index contributed by atoms with van der Waals surface area (Å²) >= 11 is 0. The number of ether oxygens (including phenoxy) is 3. The Hall–Kier alpha value is -2.78. The van der Waals surface area contributed by atoms with Gasteiger partial charge in [-0.2, -0.15) is 0 Å². The molecule has 0 radical (unpaired) electrons. The van der Waals surface area contributed by atoms with Crippen molar-refractivity contribution in [3.8, 4) is 0 Å². The number of hydrogen-bond donors (Lipinski definition) is 0. The van der Waals surface area contributed by atoms with E-state index in [2.05, 4.69) is 0 Å². The summed E-state index contributed by atoms with van der Waals surface area (Å²) in [4.78, 5) is 49.0. The van der Waals surface area contributed by atoms with Crippen LogP contribution in [0, 0.1) is 0 Å². The summed E-state index contributed by atoms with van der Waals surface area (Å²) in [6.07, 6.45) is -1.36. The van der Waals surface area contributed by atoms with Gasteiger partial charge in [0.05, 0.1) is 13.2 Å². The molecule has 0 bridgehead atoms. The molecule has 0 aliphatic carbocycles. The second-order valence-corrected chi connectivity index (χ2v) is 6.17. The van der Waals surface area contributed by atoms with Crippen molar-refractivity contribution in [2.45, 2.75) is 19.1 Å². The van der Waals surface area contributed by atoms with Gasteiger partial charge in [0, 0.05) is 38.4 Å². The zero-order valence-electron chi connectivity index (χ0n) is 15.9. The number of rotatable bonds is 10. The molecule has 9 nitrogen and oxygen atoms in total. The van der Waals surface area contributed by atoms with Crippen molar-refractivity contribution in [2.75, 3.05) is 49.8 Å². The molecule has 28 heavy (non-hydrogen) atoms. The molecule has 1 aliphatic heterocycles. The number of likely N-dealkylation sites (N-methyl/N-ethyl adjacent to an activating group) is 1. The first-order valence-electron chi connectivity index (χ1n) is 8.86. The van der Waals surface area contributed by atoms with Crippen molar-refractivity contribution in [3.63, 3.8) is 0 Å². The standard InChI is InChI=1S/C19H24N2O7/c1-14(24)28-17(13-23)18-19(25)21(7-10-27-18)16-5-3-4-15(12-16)20(2)6-9-26-11-8-22/h3-5,8,12-13,17-18H,6-7,9-11H2,1-2H3. The van der Waals surface area contributed by atoms with Crippen LogP contribution in [0.1, 0.15) is 6.92 Å². The smallest absolute Gasteiger partial charge is 0.303 e. The van der Waals surface area contributed by atoms with Crippen LogP contribution in [-0.4, -0.2) is 76.6 Å². The van der Waals surface area contributed by atoms with Gasteiger partial charge in [-0.3, -0.25) is 14.4 Å². The normalized spacial score (nSPS) is 17.7. The van der Waals surface area contributed by atoms with Crippen molar-refractivity contribution in [1.82, 2.24) is 0 Å². The zero-order valence-corrected chi connectivity index (χ0v) is 15.9. The highest BCUT2D eigenvalue weighted by molar-refractivity contribution is 5.99. The van der Waals surface area contributed by atoms with Gasteiger partial charge in [-0.05, 0) is 18.2 Å². The summed E-state index contributed by atoms with van der Waals surface area (Å²) in [5.74, 6) is -1.11. The molecule has 2 unspecified atom stereocenters. The van der Waals surface area contributed by atoms with Crippen LogP contribution in [0.25, 0.3) is 0 Å². The molecule has 1 aliphatic rings. The van der Waals surface area contributed by atoms with Gasteiger partial charge in [0.2, 0.25) is 0 Å². The number of morpholine rings is 1. The molecule has 0 aromatic heterocycles. The van der Waals surface area contributed by atoms with Crippen LogP contribution < -0.4 is 9.80 Å². The monoisotopic (exact) mass is 392 g/mol. The average Bonchev–Trinajstić information content (AvgIpc) is 2.69. The van der Waals surface area contributed by atoms with Crippen LogP contribution in [0.5, 0.6) is 0 Å². The molecule has 152 valence electrons. The van der Waals surface area contributed by atoms with E-state index in [1.54, 1.807) is 6.07 Å². The van der Waals surface area contributed by atoms with E-state index < -0.39 is 24.1 Å². The van der Waals surface area contributed by atoms with Crippen molar-refractivity contribution in [3.05, 3.63) is 24.3 Å². The minimum Gasteiger partial charge on any atom is -0.451 e. The number of carbonyl (C=O) groups excluding carboxylic acids is 4. The molecule has 2 rings (SSSR count). The first-order chi connectivity index (χ1) is 13.5. The predicted molar refractivity (Wildman–Crippen MR) is 100 cm³/mol. The maximum absolute atomic E-state index is 12.8. The third kappa shape index (κ3) is 5.61. The number of carbonyl (C=O) groups is 4. The molecule has 1 aromatic rings. The van der Waals surface area contributed by atoms with Crippen LogP contribution in [0.15, 0.2) is 24.3 Å². The van der Waals surface area contributed by atoms with E-state index in [1.807, 2.05) is 30.1 Å². The number of benzene rings is 1. The quantitative estimate of drug-likeness (QED) is 0.316. The molecule has 1 saturated heterocycles. The van der Waals surface area contributed by atoms with E-state index >= 15 is 0 Å². The Bertz CT molecular complexity index is 709. The second kappa shape index (κ2) is 10.5. The number of anilines is 2. The van der Waals surface area contributed by atoms with Crippen molar-refractivity contribution < 1.29 is 33.4 Å². The van der Waals surface area contributed by atoms with Crippen LogP contribution in [-0.2, 0) is 33.4 Å².